The molecule has 22 heavy (non-hydrogen) atoms. The van der Waals surface area contributed by atoms with Gasteiger partial charge < -0.3 is 15.0 Å². The van der Waals surface area contributed by atoms with Gasteiger partial charge in [0.25, 0.3) is 0 Å². The van der Waals surface area contributed by atoms with Crippen LogP contribution in [0.1, 0.15) is 11.1 Å². The number of hydrogen-bond donors (Lipinski definition) is 2. The Kier molecular flexibility index (Phi) is 4.10. The number of hydrogen-bond acceptors (Lipinski definition) is 3. The highest BCUT2D eigenvalue weighted by molar-refractivity contribution is 5.92. The fourth-order valence-electron chi connectivity index (χ4n) is 2.54. The van der Waals surface area contributed by atoms with Crippen LogP contribution in [0.15, 0.2) is 54.6 Å². The molecule has 1 heterocycles. The van der Waals surface area contributed by atoms with E-state index in [-0.39, 0.29) is 12.4 Å². The number of methoxy groups -OCH3 is 1. The Bertz CT molecular complexity index is 778. The van der Waals surface area contributed by atoms with E-state index in [0.29, 0.717) is 6.54 Å². The van der Waals surface area contributed by atoms with Crippen LogP contribution in [0, 0.1) is 0 Å². The lowest BCUT2D eigenvalue weighted by Crippen LogP contribution is -2.07. The zero-order chi connectivity index (χ0) is 15.4. The number of rotatable bonds is 5. The highest BCUT2D eigenvalue weighted by Crippen LogP contribution is 2.27. The van der Waals surface area contributed by atoms with Crippen molar-refractivity contribution in [3.63, 3.8) is 0 Å². The molecule has 3 rings (SSSR count). The molecule has 0 atom stereocenters. The SMILES string of the molecule is COC(=O)Cc1c(NCc2ccccc2)[nH]c2ccccc12. The lowest BCUT2D eigenvalue weighted by Gasteiger charge is -2.07. The van der Waals surface area contributed by atoms with E-state index >= 15 is 0 Å². The summed E-state index contributed by atoms with van der Waals surface area (Å²) >= 11 is 0. The van der Waals surface area contributed by atoms with Crippen LogP contribution in [-0.4, -0.2) is 18.1 Å². The maximum absolute atomic E-state index is 11.7. The zero-order valence-corrected chi connectivity index (χ0v) is 12.4. The number of esters is 1. The molecule has 0 bridgehead atoms. The van der Waals surface area contributed by atoms with Crippen LogP contribution < -0.4 is 5.32 Å². The highest BCUT2D eigenvalue weighted by atomic mass is 16.5. The van der Waals surface area contributed by atoms with Gasteiger partial charge in [-0.2, -0.15) is 0 Å². The average Bonchev–Trinajstić information content (AvgIpc) is 2.91. The predicted molar refractivity (Wildman–Crippen MR) is 87.8 cm³/mol. The van der Waals surface area contributed by atoms with Gasteiger partial charge in [0, 0.05) is 23.0 Å². The third-order valence-corrected chi connectivity index (χ3v) is 3.67. The molecule has 3 aromatic rings. The molecule has 4 nitrogen and oxygen atoms in total. The summed E-state index contributed by atoms with van der Waals surface area (Å²) in [6, 6.07) is 18.1. The lowest BCUT2D eigenvalue weighted by molar-refractivity contribution is -0.139. The number of ether oxygens (including phenoxy) is 1. The van der Waals surface area contributed by atoms with Gasteiger partial charge in [-0.05, 0) is 11.6 Å². The van der Waals surface area contributed by atoms with Crippen molar-refractivity contribution in [1.29, 1.82) is 0 Å². The largest absolute Gasteiger partial charge is 0.469 e. The first-order valence-electron chi connectivity index (χ1n) is 7.22. The van der Waals surface area contributed by atoms with E-state index in [9.17, 15) is 4.79 Å². The lowest BCUT2D eigenvalue weighted by atomic mass is 10.1. The second-order valence-electron chi connectivity index (χ2n) is 5.12. The van der Waals surface area contributed by atoms with Gasteiger partial charge in [0.05, 0.1) is 13.5 Å². The number of nitrogens with one attached hydrogen (secondary N) is 2. The molecule has 1 aromatic heterocycles. The average molecular weight is 294 g/mol. The van der Waals surface area contributed by atoms with Gasteiger partial charge in [-0.15, -0.1) is 0 Å². The number of H-pyrrole nitrogens is 1. The summed E-state index contributed by atoms with van der Waals surface area (Å²) in [6.45, 7) is 0.696. The minimum atomic E-state index is -0.243. The van der Waals surface area contributed by atoms with Gasteiger partial charge in [0.2, 0.25) is 0 Å². The summed E-state index contributed by atoms with van der Waals surface area (Å²) in [7, 11) is 1.41. The van der Waals surface area contributed by atoms with Crippen LogP contribution in [0.4, 0.5) is 5.82 Å². The van der Waals surface area contributed by atoms with E-state index in [1.165, 1.54) is 12.7 Å². The first kappa shape index (κ1) is 14.2. The minimum Gasteiger partial charge on any atom is -0.469 e. The maximum Gasteiger partial charge on any atom is 0.310 e. The van der Waals surface area contributed by atoms with Crippen LogP contribution in [0.5, 0.6) is 0 Å². The number of aromatic amines is 1. The molecule has 0 fully saturated rings. The van der Waals surface area contributed by atoms with Gasteiger partial charge in [-0.1, -0.05) is 48.5 Å². The molecule has 0 aliphatic heterocycles. The third-order valence-electron chi connectivity index (χ3n) is 3.67. The molecule has 0 aliphatic carbocycles. The van der Waals surface area contributed by atoms with Crippen molar-refractivity contribution in [1.82, 2.24) is 4.98 Å². The van der Waals surface area contributed by atoms with Crippen LogP contribution in [-0.2, 0) is 22.5 Å². The summed E-state index contributed by atoms with van der Waals surface area (Å²) in [5.74, 6) is 0.628. The summed E-state index contributed by atoms with van der Waals surface area (Å²) in [5.41, 5.74) is 3.14. The summed E-state index contributed by atoms with van der Waals surface area (Å²) in [4.78, 5) is 15.0. The summed E-state index contributed by atoms with van der Waals surface area (Å²) < 4.78 is 4.81. The topological polar surface area (TPSA) is 54.1 Å². The Morgan fingerprint density at radius 3 is 2.59 bits per heavy atom. The molecule has 2 aromatic carbocycles. The van der Waals surface area contributed by atoms with Gasteiger partial charge in [0.1, 0.15) is 5.82 Å². The Morgan fingerprint density at radius 2 is 1.82 bits per heavy atom. The van der Waals surface area contributed by atoms with E-state index in [1.54, 1.807) is 0 Å². The second kappa shape index (κ2) is 6.35. The number of anilines is 1. The molecular weight excluding hydrogens is 276 g/mol. The van der Waals surface area contributed by atoms with E-state index in [4.69, 9.17) is 4.74 Å². The van der Waals surface area contributed by atoms with E-state index in [0.717, 1.165) is 22.3 Å². The van der Waals surface area contributed by atoms with Gasteiger partial charge in [0.15, 0.2) is 0 Å². The van der Waals surface area contributed by atoms with Crippen molar-refractivity contribution in [2.24, 2.45) is 0 Å². The smallest absolute Gasteiger partial charge is 0.310 e. The molecule has 0 saturated heterocycles. The van der Waals surface area contributed by atoms with E-state index in [1.807, 2.05) is 42.5 Å². The van der Waals surface area contributed by atoms with Crippen molar-refractivity contribution in [2.45, 2.75) is 13.0 Å². The number of aromatic nitrogens is 1. The van der Waals surface area contributed by atoms with Crippen molar-refractivity contribution >= 4 is 22.7 Å². The molecular formula is C18H18N2O2. The molecule has 0 spiro atoms. The molecule has 0 aliphatic rings. The standard InChI is InChI=1S/C18H18N2O2/c1-22-17(21)11-15-14-9-5-6-10-16(14)20-18(15)19-12-13-7-3-2-4-8-13/h2-10,19-20H,11-12H2,1H3. The van der Waals surface area contributed by atoms with Gasteiger partial charge in [-0.3, -0.25) is 4.79 Å². The minimum absolute atomic E-state index is 0.243. The summed E-state index contributed by atoms with van der Waals surface area (Å²) in [6.07, 6.45) is 0.248. The Balaban J connectivity index is 1.90. The monoisotopic (exact) mass is 294 g/mol. The fraction of sp³-hybridized carbons (Fsp3) is 0.167. The van der Waals surface area contributed by atoms with E-state index < -0.39 is 0 Å². The first-order valence-corrected chi connectivity index (χ1v) is 7.22. The highest BCUT2D eigenvalue weighted by Gasteiger charge is 2.14. The van der Waals surface area contributed by atoms with Crippen molar-refractivity contribution in [2.75, 3.05) is 12.4 Å². The van der Waals surface area contributed by atoms with Crippen molar-refractivity contribution in [3.05, 3.63) is 65.7 Å². The quantitative estimate of drug-likeness (QED) is 0.708. The molecule has 112 valence electrons. The van der Waals surface area contributed by atoms with E-state index in [2.05, 4.69) is 22.4 Å². The fourth-order valence-corrected chi connectivity index (χ4v) is 2.54. The third kappa shape index (κ3) is 2.96. The number of benzene rings is 2. The van der Waals surface area contributed by atoms with Crippen molar-refractivity contribution < 1.29 is 9.53 Å². The van der Waals surface area contributed by atoms with Crippen LogP contribution in [0.2, 0.25) is 0 Å². The normalized spacial score (nSPS) is 10.6. The molecule has 0 amide bonds. The van der Waals surface area contributed by atoms with Gasteiger partial charge in [-0.25, -0.2) is 0 Å². The molecule has 0 radical (unpaired) electrons. The molecule has 2 N–H and O–H groups in total. The van der Waals surface area contributed by atoms with Gasteiger partial charge >= 0.3 is 5.97 Å². The number of fused-ring (bicyclic) bond motifs is 1. The number of para-hydroxylation sites is 1. The molecule has 0 unspecified atom stereocenters. The molecule has 0 saturated carbocycles. The Hall–Kier alpha value is -2.75. The maximum atomic E-state index is 11.7. The Morgan fingerprint density at radius 1 is 1.09 bits per heavy atom. The predicted octanol–water partition coefficient (Wildman–Crippen LogP) is 3.50. The number of carbonyl (C=O) groups is 1. The van der Waals surface area contributed by atoms with Crippen LogP contribution >= 0.6 is 0 Å². The zero-order valence-electron chi connectivity index (χ0n) is 12.4. The van der Waals surface area contributed by atoms with Crippen LogP contribution in [0.25, 0.3) is 10.9 Å². The van der Waals surface area contributed by atoms with Crippen molar-refractivity contribution in [3.8, 4) is 0 Å². The second-order valence-corrected chi connectivity index (χ2v) is 5.12. The Labute approximate surface area is 129 Å². The van der Waals surface area contributed by atoms with Crippen LogP contribution in [0.3, 0.4) is 0 Å². The first-order chi connectivity index (χ1) is 10.8. The number of carbonyl (C=O) groups excluding carboxylic acids is 1. The molecule has 4 heteroatoms. The summed E-state index contributed by atoms with van der Waals surface area (Å²) in [5, 5.41) is 4.43.